The Hall–Kier alpha value is -3.62. The van der Waals surface area contributed by atoms with Crippen molar-refractivity contribution >= 4 is 11.9 Å². The summed E-state index contributed by atoms with van der Waals surface area (Å²) >= 11 is 0. The molecule has 2 aromatic heterocycles. The first-order chi connectivity index (χ1) is 14.7. The van der Waals surface area contributed by atoms with Crippen molar-refractivity contribution in [3.8, 4) is 0 Å². The number of rotatable bonds is 9. The molecule has 3 rings (SSSR count). The van der Waals surface area contributed by atoms with Crippen LogP contribution in [-0.4, -0.2) is 40.2 Å². The minimum absolute atomic E-state index is 0.142. The van der Waals surface area contributed by atoms with Crippen LogP contribution in [0, 0.1) is 0 Å². The molecule has 3 N–H and O–H groups in total. The molecule has 0 saturated heterocycles. The number of aromatic nitrogens is 3. The summed E-state index contributed by atoms with van der Waals surface area (Å²) in [6.45, 7) is 4.41. The van der Waals surface area contributed by atoms with E-state index >= 15 is 0 Å². The second-order valence-electron chi connectivity index (χ2n) is 6.61. The highest BCUT2D eigenvalue weighted by molar-refractivity contribution is 5.94. The number of guanidine groups is 1. The lowest BCUT2D eigenvalue weighted by molar-refractivity contribution is 0.0948. The highest BCUT2D eigenvalue weighted by atomic mass is 16.3. The molecule has 9 heteroatoms. The summed E-state index contributed by atoms with van der Waals surface area (Å²) in [5, 5.41) is 17.4. The maximum atomic E-state index is 12.4. The summed E-state index contributed by atoms with van der Waals surface area (Å²) in [5.41, 5.74) is 1.58. The van der Waals surface area contributed by atoms with Gasteiger partial charge in [0, 0.05) is 38.7 Å². The summed E-state index contributed by atoms with van der Waals surface area (Å²) in [6, 6.07) is 11.1. The Morgan fingerprint density at radius 1 is 1.17 bits per heavy atom. The highest BCUT2D eigenvalue weighted by Gasteiger charge is 2.08. The molecule has 0 spiro atoms. The molecule has 2 heterocycles. The number of furan rings is 1. The van der Waals surface area contributed by atoms with Crippen molar-refractivity contribution in [1.82, 2.24) is 30.7 Å². The molecular formula is C21H27N7O2. The van der Waals surface area contributed by atoms with Gasteiger partial charge >= 0.3 is 0 Å². The molecule has 1 aromatic carbocycles. The third-order valence-corrected chi connectivity index (χ3v) is 4.53. The second kappa shape index (κ2) is 10.8. The molecule has 0 unspecified atom stereocenters. The molecule has 0 fully saturated rings. The van der Waals surface area contributed by atoms with Crippen LogP contribution in [0.4, 0.5) is 0 Å². The number of carbonyl (C=O) groups is 1. The smallest absolute Gasteiger partial charge is 0.251 e. The van der Waals surface area contributed by atoms with Crippen LogP contribution in [0.15, 0.2) is 58.4 Å². The number of aliphatic imine (C=N–C) groups is 1. The van der Waals surface area contributed by atoms with Crippen molar-refractivity contribution < 1.29 is 9.21 Å². The van der Waals surface area contributed by atoms with Crippen LogP contribution in [0.1, 0.15) is 34.4 Å². The number of carbonyl (C=O) groups excluding carboxylic acids is 1. The predicted molar refractivity (Wildman–Crippen MR) is 114 cm³/mol. The van der Waals surface area contributed by atoms with Gasteiger partial charge in [0.15, 0.2) is 5.96 Å². The largest absolute Gasteiger partial charge is 0.467 e. The lowest BCUT2D eigenvalue weighted by Gasteiger charge is -2.13. The van der Waals surface area contributed by atoms with Crippen LogP contribution in [0.2, 0.25) is 0 Å². The number of hydrogen-bond donors (Lipinski definition) is 3. The molecule has 1 amide bonds. The lowest BCUT2D eigenvalue weighted by Crippen LogP contribution is -2.38. The fraction of sp³-hybridized carbons (Fsp3) is 0.333. The summed E-state index contributed by atoms with van der Waals surface area (Å²) in [7, 11) is 1.73. The standard InChI is InChI=1S/C21H27N7O2/c1-3-19-27-26-15-28(19)10-9-23-21(22-2)25-13-16-6-4-7-17(12-16)20(29)24-14-18-8-5-11-30-18/h4-8,11-12,15H,3,9-10,13-14H2,1-2H3,(H,24,29)(H2,22,23,25). The van der Waals surface area contributed by atoms with E-state index in [0.29, 0.717) is 36.9 Å². The number of nitrogens with one attached hydrogen (secondary N) is 3. The van der Waals surface area contributed by atoms with Crippen LogP contribution in [-0.2, 0) is 26.1 Å². The van der Waals surface area contributed by atoms with Gasteiger partial charge in [0.1, 0.15) is 17.9 Å². The van der Waals surface area contributed by atoms with Crippen molar-refractivity contribution in [2.75, 3.05) is 13.6 Å². The summed E-state index contributed by atoms with van der Waals surface area (Å²) in [4.78, 5) is 16.6. The van der Waals surface area contributed by atoms with Gasteiger partial charge in [0.25, 0.3) is 5.91 Å². The number of amides is 1. The number of aryl methyl sites for hydroxylation is 1. The third-order valence-electron chi connectivity index (χ3n) is 4.53. The van der Waals surface area contributed by atoms with Crippen LogP contribution in [0.25, 0.3) is 0 Å². The van der Waals surface area contributed by atoms with Gasteiger partial charge in [-0.15, -0.1) is 10.2 Å². The molecule has 0 aliphatic rings. The quantitative estimate of drug-likeness (QED) is 0.367. The first-order valence-corrected chi connectivity index (χ1v) is 9.90. The van der Waals surface area contributed by atoms with Gasteiger partial charge < -0.3 is 24.9 Å². The SMILES string of the molecule is CCc1nncn1CCNC(=NC)NCc1cccc(C(=O)NCc2ccco2)c1. The van der Waals surface area contributed by atoms with Crippen LogP contribution < -0.4 is 16.0 Å². The van der Waals surface area contributed by atoms with E-state index in [4.69, 9.17) is 4.42 Å². The zero-order valence-corrected chi connectivity index (χ0v) is 17.3. The predicted octanol–water partition coefficient (Wildman–Crippen LogP) is 1.73. The number of benzene rings is 1. The molecule has 3 aromatic rings. The Kier molecular flexibility index (Phi) is 7.59. The van der Waals surface area contributed by atoms with E-state index in [1.54, 1.807) is 31.8 Å². The summed E-state index contributed by atoms with van der Waals surface area (Å²) < 4.78 is 7.26. The maximum Gasteiger partial charge on any atom is 0.251 e. The topological polar surface area (TPSA) is 109 Å². The van der Waals surface area contributed by atoms with Gasteiger partial charge in [0.05, 0.1) is 12.8 Å². The normalized spacial score (nSPS) is 11.3. The Bertz CT molecular complexity index is 963. The highest BCUT2D eigenvalue weighted by Crippen LogP contribution is 2.06. The van der Waals surface area contributed by atoms with E-state index in [1.807, 2.05) is 28.8 Å². The molecule has 0 atom stereocenters. The minimum Gasteiger partial charge on any atom is -0.467 e. The van der Waals surface area contributed by atoms with E-state index in [1.165, 1.54) is 0 Å². The summed E-state index contributed by atoms with van der Waals surface area (Å²) in [5.74, 6) is 2.22. The number of hydrogen-bond acceptors (Lipinski definition) is 5. The van der Waals surface area contributed by atoms with E-state index in [2.05, 4.69) is 38.1 Å². The van der Waals surface area contributed by atoms with Crippen molar-refractivity contribution in [3.05, 3.63) is 71.7 Å². The van der Waals surface area contributed by atoms with Gasteiger partial charge in [-0.25, -0.2) is 0 Å². The Labute approximate surface area is 175 Å². The van der Waals surface area contributed by atoms with Crippen LogP contribution in [0.3, 0.4) is 0 Å². The summed E-state index contributed by atoms with van der Waals surface area (Å²) in [6.07, 6.45) is 4.17. The molecular weight excluding hydrogens is 382 g/mol. The van der Waals surface area contributed by atoms with Gasteiger partial charge in [-0.3, -0.25) is 9.79 Å². The average molecular weight is 409 g/mol. The first-order valence-electron chi connectivity index (χ1n) is 9.90. The fourth-order valence-corrected chi connectivity index (χ4v) is 2.95. The number of nitrogens with zero attached hydrogens (tertiary/aromatic N) is 4. The van der Waals surface area contributed by atoms with Crippen molar-refractivity contribution in [2.24, 2.45) is 4.99 Å². The van der Waals surface area contributed by atoms with E-state index in [-0.39, 0.29) is 5.91 Å². The molecule has 0 radical (unpaired) electrons. The Balaban J connectivity index is 1.46. The minimum atomic E-state index is -0.142. The molecule has 0 aliphatic heterocycles. The molecule has 30 heavy (non-hydrogen) atoms. The molecule has 158 valence electrons. The van der Waals surface area contributed by atoms with E-state index < -0.39 is 0 Å². The molecule has 0 aliphatic carbocycles. The van der Waals surface area contributed by atoms with E-state index in [0.717, 1.165) is 24.4 Å². The van der Waals surface area contributed by atoms with Gasteiger partial charge in [0.2, 0.25) is 0 Å². The second-order valence-corrected chi connectivity index (χ2v) is 6.61. The van der Waals surface area contributed by atoms with Crippen molar-refractivity contribution in [1.29, 1.82) is 0 Å². The third kappa shape index (κ3) is 5.94. The zero-order valence-electron chi connectivity index (χ0n) is 17.3. The van der Waals surface area contributed by atoms with E-state index in [9.17, 15) is 4.79 Å². The maximum absolute atomic E-state index is 12.4. The first kappa shape index (κ1) is 21.1. The average Bonchev–Trinajstić information content (AvgIpc) is 3.46. The lowest BCUT2D eigenvalue weighted by atomic mass is 10.1. The molecule has 0 bridgehead atoms. The van der Waals surface area contributed by atoms with Crippen LogP contribution >= 0.6 is 0 Å². The Morgan fingerprint density at radius 2 is 2.07 bits per heavy atom. The van der Waals surface area contributed by atoms with Crippen LogP contribution in [0.5, 0.6) is 0 Å². The zero-order chi connectivity index (χ0) is 21.2. The fourth-order valence-electron chi connectivity index (χ4n) is 2.95. The monoisotopic (exact) mass is 409 g/mol. The van der Waals surface area contributed by atoms with Crippen molar-refractivity contribution in [3.63, 3.8) is 0 Å². The van der Waals surface area contributed by atoms with Gasteiger partial charge in [-0.2, -0.15) is 0 Å². The van der Waals surface area contributed by atoms with Gasteiger partial charge in [-0.1, -0.05) is 19.1 Å². The Morgan fingerprint density at radius 3 is 2.83 bits per heavy atom. The van der Waals surface area contributed by atoms with Gasteiger partial charge in [-0.05, 0) is 29.8 Å². The van der Waals surface area contributed by atoms with Crippen molar-refractivity contribution in [2.45, 2.75) is 33.0 Å². The molecule has 9 nitrogen and oxygen atoms in total. The molecule has 0 saturated carbocycles.